The molecule has 0 bridgehead atoms. The van der Waals surface area contributed by atoms with E-state index in [1.54, 1.807) is 11.3 Å². The topological polar surface area (TPSA) is 0 Å². The summed E-state index contributed by atoms with van der Waals surface area (Å²) in [5, 5.41) is 2.14. The molecule has 0 spiro atoms. The maximum atomic E-state index is 5.95. The van der Waals surface area contributed by atoms with Gasteiger partial charge in [-0.25, -0.2) is 0 Å². The van der Waals surface area contributed by atoms with Crippen LogP contribution in [0.15, 0.2) is 5.38 Å². The minimum Gasteiger partial charge on any atom is -0.131 e. The smallest absolute Gasteiger partial charge is 0.106 e. The molecule has 62 valence electrons. The van der Waals surface area contributed by atoms with Gasteiger partial charge in [0.2, 0.25) is 0 Å². The Labute approximate surface area is 90.1 Å². The third-order valence-electron chi connectivity index (χ3n) is 1.50. The van der Waals surface area contributed by atoms with E-state index < -0.39 is 0 Å². The van der Waals surface area contributed by atoms with Crippen LogP contribution in [0.2, 0.25) is 4.34 Å². The minimum absolute atomic E-state index is 0.222. The summed E-state index contributed by atoms with van der Waals surface area (Å²) >= 11 is 9.87. The maximum Gasteiger partial charge on any atom is 0.106 e. The van der Waals surface area contributed by atoms with Crippen LogP contribution in [-0.2, 0) is 5.41 Å². The first-order valence-corrected chi connectivity index (χ1v) is 5.69. The molecule has 0 aromatic carbocycles. The zero-order valence-electron chi connectivity index (χ0n) is 6.74. The highest BCUT2D eigenvalue weighted by atomic mass is 127. The van der Waals surface area contributed by atoms with E-state index in [1.807, 2.05) is 0 Å². The van der Waals surface area contributed by atoms with Crippen molar-refractivity contribution >= 4 is 45.5 Å². The van der Waals surface area contributed by atoms with E-state index in [2.05, 4.69) is 48.7 Å². The van der Waals surface area contributed by atoms with E-state index in [1.165, 1.54) is 9.13 Å². The number of halogens is 2. The fourth-order valence-electron chi connectivity index (χ4n) is 0.826. The third kappa shape index (κ3) is 2.10. The molecule has 1 aromatic rings. The Kier molecular flexibility index (Phi) is 2.88. The van der Waals surface area contributed by atoms with Gasteiger partial charge in [0.05, 0.1) is 0 Å². The predicted octanol–water partition coefficient (Wildman–Crippen LogP) is 4.30. The molecule has 0 aliphatic rings. The lowest BCUT2D eigenvalue weighted by atomic mass is 9.90. The molecule has 3 heteroatoms. The van der Waals surface area contributed by atoms with Crippen LogP contribution in [0, 0.1) is 3.57 Å². The number of thiophene rings is 1. The van der Waals surface area contributed by atoms with Crippen LogP contribution in [0.1, 0.15) is 26.3 Å². The number of hydrogen-bond donors (Lipinski definition) is 0. The van der Waals surface area contributed by atoms with Crippen molar-refractivity contribution < 1.29 is 0 Å². The second-order valence-electron chi connectivity index (χ2n) is 3.49. The van der Waals surface area contributed by atoms with Crippen LogP contribution in [0.5, 0.6) is 0 Å². The minimum atomic E-state index is 0.222. The average Bonchev–Trinajstić information content (AvgIpc) is 2.11. The molecule has 0 saturated carbocycles. The van der Waals surface area contributed by atoms with Gasteiger partial charge in [0.25, 0.3) is 0 Å². The van der Waals surface area contributed by atoms with Gasteiger partial charge < -0.3 is 0 Å². The molecule has 11 heavy (non-hydrogen) atoms. The standard InChI is InChI=1S/C8H10ClIS/c1-8(2,3)5-4-11-7(9)6(5)10/h4H,1-3H3. The molecular weight excluding hydrogens is 291 g/mol. The lowest BCUT2D eigenvalue weighted by Gasteiger charge is -2.17. The molecule has 0 aliphatic heterocycles. The summed E-state index contributed by atoms with van der Waals surface area (Å²) in [6.45, 7) is 6.61. The predicted molar refractivity (Wildman–Crippen MR) is 60.7 cm³/mol. The molecular formula is C8H10ClIS. The lowest BCUT2D eigenvalue weighted by molar-refractivity contribution is 0.589. The summed E-state index contributed by atoms with van der Waals surface area (Å²) in [5.41, 5.74) is 1.58. The molecule has 0 nitrogen and oxygen atoms in total. The van der Waals surface area contributed by atoms with E-state index in [0.717, 1.165) is 4.34 Å². The van der Waals surface area contributed by atoms with E-state index in [4.69, 9.17) is 11.6 Å². The molecule has 1 aromatic heterocycles. The molecule has 0 amide bonds. The molecule has 0 N–H and O–H groups in total. The molecule has 1 rings (SSSR count). The second-order valence-corrected chi connectivity index (χ2v) is 6.05. The molecule has 0 radical (unpaired) electrons. The van der Waals surface area contributed by atoms with Crippen LogP contribution in [0.4, 0.5) is 0 Å². The monoisotopic (exact) mass is 300 g/mol. The summed E-state index contributed by atoms with van der Waals surface area (Å²) in [6.07, 6.45) is 0. The lowest BCUT2D eigenvalue weighted by Crippen LogP contribution is -2.10. The van der Waals surface area contributed by atoms with Crippen molar-refractivity contribution in [2.45, 2.75) is 26.2 Å². The van der Waals surface area contributed by atoms with Crippen molar-refractivity contribution in [2.75, 3.05) is 0 Å². The molecule has 0 atom stereocenters. The van der Waals surface area contributed by atoms with Gasteiger partial charge in [0.1, 0.15) is 4.34 Å². The summed E-state index contributed by atoms with van der Waals surface area (Å²) in [5.74, 6) is 0. The van der Waals surface area contributed by atoms with Crippen molar-refractivity contribution in [3.63, 3.8) is 0 Å². The molecule has 0 fully saturated rings. The van der Waals surface area contributed by atoms with Gasteiger partial charge in [-0.2, -0.15) is 0 Å². The van der Waals surface area contributed by atoms with Crippen LogP contribution in [0.25, 0.3) is 0 Å². The maximum absolute atomic E-state index is 5.95. The fourth-order valence-corrected chi connectivity index (χ4v) is 3.53. The molecule has 0 aliphatic carbocycles. The van der Waals surface area contributed by atoms with Crippen molar-refractivity contribution in [2.24, 2.45) is 0 Å². The first kappa shape index (κ1) is 9.81. The van der Waals surface area contributed by atoms with E-state index >= 15 is 0 Å². The van der Waals surface area contributed by atoms with Gasteiger partial charge in [0, 0.05) is 3.57 Å². The van der Waals surface area contributed by atoms with Crippen LogP contribution >= 0.6 is 45.5 Å². The Hall–Kier alpha value is 0.720. The van der Waals surface area contributed by atoms with Crippen molar-refractivity contribution in [3.05, 3.63) is 18.9 Å². The highest BCUT2D eigenvalue weighted by Crippen LogP contribution is 2.36. The highest BCUT2D eigenvalue weighted by molar-refractivity contribution is 14.1. The van der Waals surface area contributed by atoms with E-state index in [0.29, 0.717) is 0 Å². The van der Waals surface area contributed by atoms with Gasteiger partial charge in [-0.05, 0) is 38.9 Å². The van der Waals surface area contributed by atoms with Crippen LogP contribution < -0.4 is 0 Å². The van der Waals surface area contributed by atoms with Gasteiger partial charge >= 0.3 is 0 Å². The zero-order valence-corrected chi connectivity index (χ0v) is 10.5. The highest BCUT2D eigenvalue weighted by Gasteiger charge is 2.19. The number of rotatable bonds is 0. The molecule has 1 heterocycles. The van der Waals surface area contributed by atoms with Crippen molar-refractivity contribution in [1.82, 2.24) is 0 Å². The Morgan fingerprint density at radius 1 is 1.45 bits per heavy atom. The van der Waals surface area contributed by atoms with Crippen LogP contribution in [-0.4, -0.2) is 0 Å². The average molecular weight is 301 g/mol. The van der Waals surface area contributed by atoms with Crippen molar-refractivity contribution in [1.29, 1.82) is 0 Å². The quantitative estimate of drug-likeness (QED) is 0.627. The first-order chi connectivity index (χ1) is 4.93. The zero-order chi connectivity index (χ0) is 8.65. The Morgan fingerprint density at radius 3 is 2.18 bits per heavy atom. The summed E-state index contributed by atoms with van der Waals surface area (Å²) < 4.78 is 2.12. The first-order valence-electron chi connectivity index (χ1n) is 3.36. The fraction of sp³-hybridized carbons (Fsp3) is 0.500. The Balaban J connectivity index is 3.15. The molecule has 0 unspecified atom stereocenters. The Morgan fingerprint density at radius 2 is 2.00 bits per heavy atom. The largest absolute Gasteiger partial charge is 0.131 e. The van der Waals surface area contributed by atoms with Gasteiger partial charge in [-0.3, -0.25) is 0 Å². The third-order valence-corrected chi connectivity index (χ3v) is 4.52. The molecule has 0 saturated heterocycles. The normalized spacial score (nSPS) is 12.1. The summed E-state index contributed by atoms with van der Waals surface area (Å²) in [4.78, 5) is 0. The van der Waals surface area contributed by atoms with Crippen LogP contribution in [0.3, 0.4) is 0 Å². The SMILES string of the molecule is CC(C)(C)c1csc(Cl)c1I. The summed E-state index contributed by atoms with van der Waals surface area (Å²) in [7, 11) is 0. The Bertz CT molecular complexity index is 260. The van der Waals surface area contributed by atoms with Gasteiger partial charge in [-0.15, -0.1) is 11.3 Å². The van der Waals surface area contributed by atoms with Gasteiger partial charge in [0.15, 0.2) is 0 Å². The van der Waals surface area contributed by atoms with Gasteiger partial charge in [-0.1, -0.05) is 32.4 Å². The van der Waals surface area contributed by atoms with E-state index in [9.17, 15) is 0 Å². The van der Waals surface area contributed by atoms with Crippen molar-refractivity contribution in [3.8, 4) is 0 Å². The summed E-state index contributed by atoms with van der Waals surface area (Å²) in [6, 6.07) is 0. The van der Waals surface area contributed by atoms with E-state index in [-0.39, 0.29) is 5.41 Å². The number of hydrogen-bond acceptors (Lipinski definition) is 1. The second kappa shape index (κ2) is 3.23.